The third-order valence-corrected chi connectivity index (χ3v) is 3.08. The summed E-state index contributed by atoms with van der Waals surface area (Å²) < 4.78 is 3.19. The second-order valence-corrected chi connectivity index (χ2v) is 4.21. The first-order chi connectivity index (χ1) is 7.27. The maximum atomic E-state index is 3.37. The largest absolute Gasteiger partial charge is 0.341 e. The number of allylic oxidation sites excluding steroid dienone is 2. The summed E-state index contributed by atoms with van der Waals surface area (Å²) in [6.45, 7) is 4.25. The van der Waals surface area contributed by atoms with Gasteiger partial charge in [-0.05, 0) is 54.5 Å². The van der Waals surface area contributed by atoms with Crippen LogP contribution in [-0.4, -0.2) is 0 Å². The van der Waals surface area contributed by atoms with E-state index in [9.17, 15) is 0 Å². The minimum absolute atomic E-state index is 1.02. The van der Waals surface area contributed by atoms with Gasteiger partial charge in [0.2, 0.25) is 0 Å². The third kappa shape index (κ3) is 2.36. The average molecular weight is 218 g/mol. The quantitative estimate of drug-likeness (QED) is 0.745. The molecule has 15 heavy (non-hydrogen) atoms. The first-order valence-electron chi connectivity index (χ1n) is 4.89. The predicted molar refractivity (Wildman–Crippen MR) is 67.5 cm³/mol. The predicted octanol–water partition coefficient (Wildman–Crippen LogP) is 3.32. The van der Waals surface area contributed by atoms with Crippen LogP contribution in [0.1, 0.15) is 11.1 Å². The summed E-state index contributed by atoms with van der Waals surface area (Å²) in [7, 11) is 0. The van der Waals surface area contributed by atoms with Crippen LogP contribution in [-0.2, 0) is 0 Å². The Labute approximate surface area is 94.6 Å². The Morgan fingerprint density at radius 1 is 1.27 bits per heavy atom. The molecule has 1 aromatic carbocycles. The van der Waals surface area contributed by atoms with Gasteiger partial charge in [-0.15, -0.1) is 0 Å². The molecule has 3 heteroatoms. The monoisotopic (exact) mass is 218 g/mol. The molecule has 0 radical (unpaired) electrons. The van der Waals surface area contributed by atoms with E-state index in [-0.39, 0.29) is 0 Å². The van der Waals surface area contributed by atoms with Crippen LogP contribution in [0.3, 0.4) is 0 Å². The molecular formula is C12H14N2S. The fraction of sp³-hybridized carbons (Fsp3) is 0.167. The zero-order valence-electron chi connectivity index (χ0n) is 8.87. The van der Waals surface area contributed by atoms with Crippen molar-refractivity contribution >= 4 is 17.6 Å². The second kappa shape index (κ2) is 4.45. The van der Waals surface area contributed by atoms with E-state index in [2.05, 4.69) is 42.1 Å². The fourth-order valence-corrected chi connectivity index (χ4v) is 1.88. The molecule has 0 amide bonds. The number of aryl methyl sites for hydroxylation is 1. The topological polar surface area (TPSA) is 24.1 Å². The first-order valence-corrected chi connectivity index (χ1v) is 5.77. The zero-order valence-corrected chi connectivity index (χ0v) is 9.69. The molecule has 2 nitrogen and oxygen atoms in total. The van der Waals surface area contributed by atoms with Crippen molar-refractivity contribution in [2.75, 3.05) is 5.32 Å². The van der Waals surface area contributed by atoms with Crippen molar-refractivity contribution in [3.05, 3.63) is 52.7 Å². The Kier molecular flexibility index (Phi) is 3.02. The maximum Gasteiger partial charge on any atom is 0.113 e. The van der Waals surface area contributed by atoms with Gasteiger partial charge in [0.15, 0.2) is 0 Å². The molecule has 2 N–H and O–H groups in total. The molecule has 0 bridgehead atoms. The lowest BCUT2D eigenvalue weighted by Gasteiger charge is -2.16. The van der Waals surface area contributed by atoms with E-state index >= 15 is 0 Å². The van der Waals surface area contributed by atoms with Crippen molar-refractivity contribution < 1.29 is 0 Å². The van der Waals surface area contributed by atoms with Crippen LogP contribution in [0.4, 0.5) is 5.69 Å². The number of rotatable bonds is 2. The average Bonchev–Trinajstić information content (AvgIpc) is 2.26. The molecule has 0 aromatic heterocycles. The highest BCUT2D eigenvalue weighted by molar-refractivity contribution is 8.00. The van der Waals surface area contributed by atoms with Crippen molar-refractivity contribution in [2.24, 2.45) is 0 Å². The Bertz CT molecular complexity index is 422. The molecule has 1 aromatic rings. The van der Waals surface area contributed by atoms with Crippen molar-refractivity contribution in [2.45, 2.75) is 13.8 Å². The van der Waals surface area contributed by atoms with Crippen LogP contribution in [0.5, 0.6) is 0 Å². The van der Waals surface area contributed by atoms with Crippen LogP contribution in [0.25, 0.3) is 0 Å². The van der Waals surface area contributed by atoms with Crippen molar-refractivity contribution in [3.63, 3.8) is 0 Å². The summed E-state index contributed by atoms with van der Waals surface area (Å²) in [6, 6.07) is 6.28. The van der Waals surface area contributed by atoms with Gasteiger partial charge in [0.05, 0.1) is 0 Å². The van der Waals surface area contributed by atoms with Crippen LogP contribution < -0.4 is 10.0 Å². The summed E-state index contributed by atoms with van der Waals surface area (Å²) in [6.07, 6.45) is 4.05. The highest BCUT2D eigenvalue weighted by Gasteiger charge is 2.03. The molecule has 78 valence electrons. The number of hydrogen-bond acceptors (Lipinski definition) is 3. The van der Waals surface area contributed by atoms with E-state index in [1.807, 2.05) is 17.6 Å². The number of nitrogens with one attached hydrogen (secondary N) is 2. The van der Waals surface area contributed by atoms with E-state index in [0.29, 0.717) is 0 Å². The van der Waals surface area contributed by atoms with E-state index in [0.717, 1.165) is 11.5 Å². The Balaban J connectivity index is 2.20. The molecule has 1 aliphatic heterocycles. The van der Waals surface area contributed by atoms with E-state index in [1.54, 1.807) is 11.9 Å². The summed E-state index contributed by atoms with van der Waals surface area (Å²) in [5, 5.41) is 5.38. The maximum absolute atomic E-state index is 3.37. The van der Waals surface area contributed by atoms with Gasteiger partial charge >= 0.3 is 0 Å². The van der Waals surface area contributed by atoms with Gasteiger partial charge in [-0.25, -0.2) is 0 Å². The van der Waals surface area contributed by atoms with Crippen LogP contribution in [0.2, 0.25) is 0 Å². The molecule has 1 aliphatic rings. The molecule has 0 atom stereocenters. The summed E-state index contributed by atoms with van der Waals surface area (Å²) in [4.78, 5) is 0. The molecule has 0 aliphatic carbocycles. The van der Waals surface area contributed by atoms with Gasteiger partial charge in [0.25, 0.3) is 0 Å². The summed E-state index contributed by atoms with van der Waals surface area (Å²) >= 11 is 1.57. The number of anilines is 1. The highest BCUT2D eigenvalue weighted by Crippen LogP contribution is 2.20. The van der Waals surface area contributed by atoms with Gasteiger partial charge in [0, 0.05) is 5.69 Å². The van der Waals surface area contributed by atoms with Gasteiger partial charge in [-0.2, -0.15) is 0 Å². The molecule has 0 spiro atoms. The van der Waals surface area contributed by atoms with Gasteiger partial charge in [0.1, 0.15) is 5.82 Å². The summed E-state index contributed by atoms with van der Waals surface area (Å²) in [5.74, 6) is 1.02. The lowest BCUT2D eigenvalue weighted by molar-refractivity contribution is 1.19. The normalized spacial score (nSPS) is 14.4. The van der Waals surface area contributed by atoms with Gasteiger partial charge in [-0.3, -0.25) is 0 Å². The minimum atomic E-state index is 1.02. The first kappa shape index (κ1) is 10.2. The number of benzene rings is 1. The molecule has 1 heterocycles. The Morgan fingerprint density at radius 3 is 2.87 bits per heavy atom. The third-order valence-electron chi connectivity index (χ3n) is 2.45. The molecule has 0 fully saturated rings. The molecule has 2 rings (SSSR count). The molecule has 0 saturated carbocycles. The minimum Gasteiger partial charge on any atom is -0.341 e. The lowest BCUT2D eigenvalue weighted by atomic mass is 10.1. The lowest BCUT2D eigenvalue weighted by Crippen LogP contribution is -2.14. The standard InChI is InChI=1S/C12H14N2S/c1-9-5-3-6-11(10(9)2)13-12-7-4-8-15-14-12/h3-8,13-14H,1-2H3. The van der Waals surface area contributed by atoms with Gasteiger partial charge < -0.3 is 10.0 Å². The fourth-order valence-electron chi connectivity index (χ4n) is 1.41. The number of hydrogen-bond donors (Lipinski definition) is 2. The van der Waals surface area contributed by atoms with Crippen molar-refractivity contribution in [1.82, 2.24) is 4.72 Å². The van der Waals surface area contributed by atoms with Gasteiger partial charge in [-0.1, -0.05) is 18.2 Å². The van der Waals surface area contributed by atoms with E-state index < -0.39 is 0 Å². The van der Waals surface area contributed by atoms with Crippen LogP contribution >= 0.6 is 11.9 Å². The molecular weight excluding hydrogens is 204 g/mol. The second-order valence-electron chi connectivity index (χ2n) is 3.50. The highest BCUT2D eigenvalue weighted by atomic mass is 32.2. The van der Waals surface area contributed by atoms with Crippen LogP contribution in [0, 0.1) is 13.8 Å². The zero-order chi connectivity index (χ0) is 10.7. The summed E-state index contributed by atoms with van der Waals surface area (Å²) in [5.41, 5.74) is 3.75. The Hall–Kier alpha value is -1.35. The smallest absolute Gasteiger partial charge is 0.113 e. The van der Waals surface area contributed by atoms with E-state index in [4.69, 9.17) is 0 Å². The van der Waals surface area contributed by atoms with E-state index in [1.165, 1.54) is 11.1 Å². The van der Waals surface area contributed by atoms with Crippen molar-refractivity contribution in [1.29, 1.82) is 0 Å². The SMILES string of the molecule is Cc1cccc(NC2=CC=CSN2)c1C. The Morgan fingerprint density at radius 2 is 2.13 bits per heavy atom. The van der Waals surface area contributed by atoms with Crippen molar-refractivity contribution in [3.8, 4) is 0 Å². The molecule has 0 saturated heterocycles. The van der Waals surface area contributed by atoms with Crippen LogP contribution in [0.15, 0.2) is 41.6 Å². The molecule has 0 unspecified atom stereocenters.